The number of carbonyl (C=O) groups excluding carboxylic acids is 1. The number of hydrogen-bond acceptors (Lipinski definition) is 4. The first kappa shape index (κ1) is 17.3. The topological polar surface area (TPSA) is 52.2 Å². The van der Waals surface area contributed by atoms with Gasteiger partial charge in [-0.1, -0.05) is 29.8 Å². The maximum atomic E-state index is 12.7. The van der Waals surface area contributed by atoms with Crippen molar-refractivity contribution in [2.24, 2.45) is 0 Å². The zero-order chi connectivity index (χ0) is 17.9. The lowest BCUT2D eigenvalue weighted by Gasteiger charge is -2.34. The SMILES string of the molecule is O=C(c1cc(-c2cccs2)[nH]n1)N1CCN(Cc2ccc(Cl)cc2)CC1. The van der Waals surface area contributed by atoms with Crippen LogP contribution in [0.2, 0.25) is 5.02 Å². The first-order valence-electron chi connectivity index (χ1n) is 8.54. The Labute approximate surface area is 161 Å². The van der Waals surface area contributed by atoms with E-state index in [1.165, 1.54) is 5.56 Å². The Kier molecular flexibility index (Phi) is 5.06. The third-order valence-corrected chi connectivity index (χ3v) is 5.72. The average molecular weight is 387 g/mol. The molecule has 3 aromatic rings. The van der Waals surface area contributed by atoms with Crippen molar-refractivity contribution in [3.8, 4) is 10.6 Å². The highest BCUT2D eigenvalue weighted by atomic mass is 35.5. The largest absolute Gasteiger partial charge is 0.335 e. The molecule has 1 aromatic carbocycles. The van der Waals surface area contributed by atoms with Crippen LogP contribution in [-0.4, -0.2) is 52.1 Å². The van der Waals surface area contributed by atoms with Gasteiger partial charge in [-0.3, -0.25) is 14.8 Å². The van der Waals surface area contributed by atoms with Crippen LogP contribution in [0.5, 0.6) is 0 Å². The molecule has 3 heterocycles. The van der Waals surface area contributed by atoms with Gasteiger partial charge in [-0.05, 0) is 35.2 Å². The van der Waals surface area contributed by atoms with E-state index in [1.807, 2.05) is 40.6 Å². The van der Waals surface area contributed by atoms with Crippen LogP contribution < -0.4 is 0 Å². The van der Waals surface area contributed by atoms with Crippen molar-refractivity contribution in [1.82, 2.24) is 20.0 Å². The minimum Gasteiger partial charge on any atom is -0.335 e. The average Bonchev–Trinajstić information content (AvgIpc) is 3.35. The normalized spacial score (nSPS) is 15.3. The summed E-state index contributed by atoms with van der Waals surface area (Å²) < 4.78 is 0. The highest BCUT2D eigenvalue weighted by molar-refractivity contribution is 7.13. The summed E-state index contributed by atoms with van der Waals surface area (Å²) in [7, 11) is 0. The number of nitrogens with zero attached hydrogens (tertiary/aromatic N) is 3. The predicted octanol–water partition coefficient (Wildman–Crippen LogP) is 3.75. The van der Waals surface area contributed by atoms with Crippen LogP contribution in [0, 0.1) is 0 Å². The number of carbonyl (C=O) groups is 1. The van der Waals surface area contributed by atoms with Gasteiger partial charge in [-0.2, -0.15) is 5.10 Å². The lowest BCUT2D eigenvalue weighted by Crippen LogP contribution is -2.48. The van der Waals surface area contributed by atoms with Crippen LogP contribution in [0.15, 0.2) is 47.8 Å². The van der Waals surface area contributed by atoms with Gasteiger partial charge in [0, 0.05) is 37.7 Å². The summed E-state index contributed by atoms with van der Waals surface area (Å²) in [6, 6.07) is 13.8. The van der Waals surface area contributed by atoms with Crippen molar-refractivity contribution < 1.29 is 4.79 Å². The molecule has 0 spiro atoms. The molecule has 1 saturated heterocycles. The second kappa shape index (κ2) is 7.61. The summed E-state index contributed by atoms with van der Waals surface area (Å²) in [6.45, 7) is 4.03. The molecule has 1 aliphatic heterocycles. The molecule has 0 saturated carbocycles. The highest BCUT2D eigenvalue weighted by Gasteiger charge is 2.24. The van der Waals surface area contributed by atoms with Gasteiger partial charge in [0.2, 0.25) is 0 Å². The van der Waals surface area contributed by atoms with E-state index in [0.29, 0.717) is 18.8 Å². The third kappa shape index (κ3) is 3.82. The summed E-state index contributed by atoms with van der Waals surface area (Å²) in [5.74, 6) is -0.00445. The summed E-state index contributed by atoms with van der Waals surface area (Å²) in [5.41, 5.74) is 2.62. The molecule has 0 aliphatic carbocycles. The zero-order valence-corrected chi connectivity index (χ0v) is 15.8. The molecule has 0 radical (unpaired) electrons. The van der Waals surface area contributed by atoms with E-state index in [-0.39, 0.29) is 5.91 Å². The van der Waals surface area contributed by atoms with Gasteiger partial charge in [-0.25, -0.2) is 0 Å². The lowest BCUT2D eigenvalue weighted by molar-refractivity contribution is 0.0622. The first-order valence-corrected chi connectivity index (χ1v) is 9.80. The second-order valence-electron chi connectivity index (χ2n) is 6.34. The molecule has 7 heteroatoms. The standard InChI is InChI=1S/C19H19ClN4OS/c20-15-5-3-14(4-6-15)13-23-7-9-24(10-8-23)19(25)17-12-16(21-22-17)18-2-1-11-26-18/h1-6,11-12H,7-10,13H2,(H,21,22). The van der Waals surface area contributed by atoms with E-state index in [0.717, 1.165) is 35.2 Å². The molecule has 5 nitrogen and oxygen atoms in total. The molecule has 1 amide bonds. The van der Waals surface area contributed by atoms with E-state index in [4.69, 9.17) is 11.6 Å². The van der Waals surface area contributed by atoms with Gasteiger partial charge in [0.05, 0.1) is 10.6 Å². The van der Waals surface area contributed by atoms with Crippen molar-refractivity contribution in [2.75, 3.05) is 26.2 Å². The molecule has 0 atom stereocenters. The molecular formula is C19H19ClN4OS. The van der Waals surface area contributed by atoms with E-state index in [9.17, 15) is 4.79 Å². The van der Waals surface area contributed by atoms with E-state index < -0.39 is 0 Å². The summed E-state index contributed by atoms with van der Waals surface area (Å²) in [5, 5.41) is 9.94. The molecule has 2 aromatic heterocycles. The van der Waals surface area contributed by atoms with Gasteiger partial charge >= 0.3 is 0 Å². The van der Waals surface area contributed by atoms with Crippen molar-refractivity contribution in [1.29, 1.82) is 0 Å². The van der Waals surface area contributed by atoms with Gasteiger partial charge in [0.25, 0.3) is 5.91 Å². The fourth-order valence-corrected chi connectivity index (χ4v) is 3.93. The molecule has 134 valence electrons. The Morgan fingerprint density at radius 2 is 1.92 bits per heavy atom. The molecular weight excluding hydrogens is 368 g/mol. The van der Waals surface area contributed by atoms with Crippen LogP contribution in [0.4, 0.5) is 0 Å². The van der Waals surface area contributed by atoms with Crippen LogP contribution in [-0.2, 0) is 6.54 Å². The minimum absolute atomic E-state index is 0.00445. The number of H-pyrrole nitrogens is 1. The number of thiophene rings is 1. The number of amides is 1. The Hall–Kier alpha value is -2.15. The number of aromatic nitrogens is 2. The van der Waals surface area contributed by atoms with E-state index >= 15 is 0 Å². The molecule has 1 fully saturated rings. The minimum atomic E-state index is -0.00445. The third-order valence-electron chi connectivity index (χ3n) is 4.56. The Morgan fingerprint density at radius 3 is 2.62 bits per heavy atom. The number of halogens is 1. The summed E-state index contributed by atoms with van der Waals surface area (Å²) >= 11 is 7.56. The zero-order valence-electron chi connectivity index (χ0n) is 14.2. The smallest absolute Gasteiger partial charge is 0.274 e. The summed E-state index contributed by atoms with van der Waals surface area (Å²) in [4.78, 5) is 18.0. The van der Waals surface area contributed by atoms with Gasteiger partial charge in [0.15, 0.2) is 5.69 Å². The maximum Gasteiger partial charge on any atom is 0.274 e. The molecule has 0 unspecified atom stereocenters. The Bertz CT molecular complexity index is 867. The lowest BCUT2D eigenvalue weighted by atomic mass is 10.2. The number of piperazine rings is 1. The van der Waals surface area contributed by atoms with Gasteiger partial charge in [0.1, 0.15) is 0 Å². The van der Waals surface area contributed by atoms with E-state index in [1.54, 1.807) is 11.3 Å². The Balaban J connectivity index is 1.34. The van der Waals surface area contributed by atoms with Gasteiger partial charge in [-0.15, -0.1) is 11.3 Å². The van der Waals surface area contributed by atoms with Crippen LogP contribution in [0.3, 0.4) is 0 Å². The monoisotopic (exact) mass is 386 g/mol. The fourth-order valence-electron chi connectivity index (χ4n) is 3.11. The number of nitrogens with one attached hydrogen (secondary N) is 1. The number of benzene rings is 1. The molecule has 1 aliphatic rings. The molecule has 0 bridgehead atoms. The Morgan fingerprint density at radius 1 is 1.15 bits per heavy atom. The molecule has 26 heavy (non-hydrogen) atoms. The van der Waals surface area contributed by atoms with Crippen molar-refractivity contribution in [3.63, 3.8) is 0 Å². The summed E-state index contributed by atoms with van der Waals surface area (Å²) in [6.07, 6.45) is 0. The quantitative estimate of drug-likeness (QED) is 0.743. The fraction of sp³-hybridized carbons (Fsp3) is 0.263. The van der Waals surface area contributed by atoms with Crippen molar-refractivity contribution in [3.05, 3.63) is 64.1 Å². The maximum absolute atomic E-state index is 12.7. The van der Waals surface area contributed by atoms with E-state index in [2.05, 4.69) is 27.2 Å². The predicted molar refractivity (Wildman–Crippen MR) is 105 cm³/mol. The number of aromatic amines is 1. The van der Waals surface area contributed by atoms with Crippen LogP contribution in [0.25, 0.3) is 10.6 Å². The first-order chi connectivity index (χ1) is 12.7. The second-order valence-corrected chi connectivity index (χ2v) is 7.72. The van der Waals surface area contributed by atoms with Crippen molar-refractivity contribution in [2.45, 2.75) is 6.54 Å². The number of rotatable bonds is 4. The molecule has 1 N–H and O–H groups in total. The van der Waals surface area contributed by atoms with Gasteiger partial charge < -0.3 is 4.90 Å². The number of hydrogen-bond donors (Lipinski definition) is 1. The van der Waals surface area contributed by atoms with Crippen LogP contribution in [0.1, 0.15) is 16.1 Å². The van der Waals surface area contributed by atoms with Crippen molar-refractivity contribution >= 4 is 28.8 Å². The highest BCUT2D eigenvalue weighted by Crippen LogP contribution is 2.23. The molecule has 4 rings (SSSR count). The van der Waals surface area contributed by atoms with Crippen LogP contribution >= 0.6 is 22.9 Å².